The second-order valence-electron chi connectivity index (χ2n) is 5.88. The Bertz CT molecular complexity index is 784. The number of benzene rings is 2. The summed E-state index contributed by atoms with van der Waals surface area (Å²) in [5.41, 5.74) is 6.04. The number of aromatic nitrogens is 2. The SMILES string of the molecule is Cc1cc(CNC2CC2)ccc1-n1cnc2ccccc21. The zero-order valence-electron chi connectivity index (χ0n) is 12.2. The fourth-order valence-corrected chi connectivity index (χ4v) is 2.80. The summed E-state index contributed by atoms with van der Waals surface area (Å²) in [7, 11) is 0. The van der Waals surface area contributed by atoms with E-state index in [4.69, 9.17) is 0 Å². The smallest absolute Gasteiger partial charge is 0.100 e. The second-order valence-corrected chi connectivity index (χ2v) is 5.88. The van der Waals surface area contributed by atoms with Gasteiger partial charge in [0.25, 0.3) is 0 Å². The highest BCUT2D eigenvalue weighted by Crippen LogP contribution is 2.23. The quantitative estimate of drug-likeness (QED) is 0.790. The van der Waals surface area contributed by atoms with Crippen LogP contribution in [0, 0.1) is 6.92 Å². The van der Waals surface area contributed by atoms with Crippen LogP contribution in [0.15, 0.2) is 48.8 Å². The second kappa shape index (κ2) is 5.01. The van der Waals surface area contributed by atoms with E-state index in [9.17, 15) is 0 Å². The van der Waals surface area contributed by atoms with Crippen molar-refractivity contribution in [2.75, 3.05) is 0 Å². The molecule has 4 rings (SSSR count). The average molecular weight is 277 g/mol. The maximum atomic E-state index is 4.48. The number of hydrogen-bond acceptors (Lipinski definition) is 2. The predicted octanol–water partition coefficient (Wildman–Crippen LogP) is 3.59. The number of rotatable bonds is 4. The van der Waals surface area contributed by atoms with E-state index in [1.54, 1.807) is 0 Å². The van der Waals surface area contributed by atoms with E-state index in [1.807, 2.05) is 12.4 Å². The number of hydrogen-bond donors (Lipinski definition) is 1. The third-order valence-corrected chi connectivity index (χ3v) is 4.15. The van der Waals surface area contributed by atoms with Gasteiger partial charge in [-0.2, -0.15) is 0 Å². The van der Waals surface area contributed by atoms with Gasteiger partial charge in [-0.1, -0.05) is 24.3 Å². The van der Waals surface area contributed by atoms with Crippen LogP contribution in [0.4, 0.5) is 0 Å². The van der Waals surface area contributed by atoms with Gasteiger partial charge in [-0.25, -0.2) is 4.98 Å². The Morgan fingerprint density at radius 1 is 1.19 bits per heavy atom. The minimum Gasteiger partial charge on any atom is -0.310 e. The van der Waals surface area contributed by atoms with Crippen LogP contribution >= 0.6 is 0 Å². The molecule has 3 aromatic rings. The molecule has 1 aliphatic rings. The summed E-state index contributed by atoms with van der Waals surface area (Å²) in [6.45, 7) is 3.14. The summed E-state index contributed by atoms with van der Waals surface area (Å²) >= 11 is 0. The van der Waals surface area contributed by atoms with Gasteiger partial charge in [0.1, 0.15) is 6.33 Å². The highest BCUT2D eigenvalue weighted by molar-refractivity contribution is 5.77. The standard InChI is InChI=1S/C18H19N3/c1-13-10-14(11-19-15-7-8-15)6-9-17(13)21-12-20-16-4-2-3-5-18(16)21/h2-6,9-10,12,15,19H,7-8,11H2,1H3. The van der Waals surface area contributed by atoms with Crippen molar-refractivity contribution in [2.45, 2.75) is 32.4 Å². The van der Waals surface area contributed by atoms with Crippen molar-refractivity contribution in [2.24, 2.45) is 0 Å². The highest BCUT2D eigenvalue weighted by atomic mass is 15.0. The zero-order valence-corrected chi connectivity index (χ0v) is 12.2. The molecule has 2 aromatic carbocycles. The third kappa shape index (κ3) is 2.45. The van der Waals surface area contributed by atoms with Crippen LogP contribution in [0.3, 0.4) is 0 Å². The van der Waals surface area contributed by atoms with E-state index < -0.39 is 0 Å². The predicted molar refractivity (Wildman–Crippen MR) is 85.7 cm³/mol. The highest BCUT2D eigenvalue weighted by Gasteiger charge is 2.20. The topological polar surface area (TPSA) is 29.9 Å². The Morgan fingerprint density at radius 3 is 2.86 bits per heavy atom. The number of imidazole rings is 1. The molecular weight excluding hydrogens is 258 g/mol. The number of para-hydroxylation sites is 2. The number of nitrogens with zero attached hydrogens (tertiary/aromatic N) is 2. The third-order valence-electron chi connectivity index (χ3n) is 4.15. The van der Waals surface area contributed by atoms with E-state index in [-0.39, 0.29) is 0 Å². The van der Waals surface area contributed by atoms with Gasteiger partial charge >= 0.3 is 0 Å². The minimum absolute atomic E-state index is 0.752. The Kier molecular flexibility index (Phi) is 3.00. The summed E-state index contributed by atoms with van der Waals surface area (Å²) in [6, 6.07) is 15.7. The maximum Gasteiger partial charge on any atom is 0.100 e. The van der Waals surface area contributed by atoms with E-state index >= 15 is 0 Å². The Balaban J connectivity index is 1.67. The van der Waals surface area contributed by atoms with Crippen LogP contribution in [-0.4, -0.2) is 15.6 Å². The molecule has 1 aromatic heterocycles. The van der Waals surface area contributed by atoms with E-state index in [2.05, 4.69) is 58.2 Å². The molecule has 0 radical (unpaired) electrons. The summed E-state index contributed by atoms with van der Waals surface area (Å²) in [5.74, 6) is 0. The molecule has 0 unspecified atom stereocenters. The lowest BCUT2D eigenvalue weighted by Crippen LogP contribution is -2.15. The van der Waals surface area contributed by atoms with Gasteiger partial charge in [0.15, 0.2) is 0 Å². The average Bonchev–Trinajstić information content (AvgIpc) is 3.24. The Morgan fingerprint density at radius 2 is 2.05 bits per heavy atom. The van der Waals surface area contributed by atoms with Crippen molar-refractivity contribution in [1.82, 2.24) is 14.9 Å². The first-order chi connectivity index (χ1) is 10.3. The first-order valence-electron chi connectivity index (χ1n) is 7.56. The molecule has 1 aliphatic carbocycles. The molecule has 0 atom stereocenters. The number of fused-ring (bicyclic) bond motifs is 1. The van der Waals surface area contributed by atoms with Gasteiger partial charge < -0.3 is 5.32 Å². The molecule has 106 valence electrons. The lowest BCUT2D eigenvalue weighted by atomic mass is 10.1. The summed E-state index contributed by atoms with van der Waals surface area (Å²) < 4.78 is 2.17. The summed E-state index contributed by atoms with van der Waals surface area (Å²) in [6.07, 6.45) is 4.57. The zero-order chi connectivity index (χ0) is 14.2. The molecule has 1 fully saturated rings. The van der Waals surface area contributed by atoms with Crippen LogP contribution in [-0.2, 0) is 6.54 Å². The van der Waals surface area contributed by atoms with Crippen LogP contribution in [0.25, 0.3) is 16.7 Å². The van der Waals surface area contributed by atoms with Crippen LogP contribution < -0.4 is 5.32 Å². The van der Waals surface area contributed by atoms with Gasteiger partial charge in [0.2, 0.25) is 0 Å². The molecule has 1 N–H and O–H groups in total. The van der Waals surface area contributed by atoms with Gasteiger partial charge in [-0.05, 0) is 49.1 Å². The Labute approximate surface area is 124 Å². The van der Waals surface area contributed by atoms with Crippen molar-refractivity contribution >= 4 is 11.0 Å². The lowest BCUT2D eigenvalue weighted by molar-refractivity contribution is 0.687. The molecular formula is C18H19N3. The molecule has 21 heavy (non-hydrogen) atoms. The van der Waals surface area contributed by atoms with E-state index in [1.165, 1.54) is 29.7 Å². The van der Waals surface area contributed by atoms with E-state index in [0.717, 1.165) is 23.6 Å². The van der Waals surface area contributed by atoms with Gasteiger partial charge in [-0.15, -0.1) is 0 Å². The molecule has 0 saturated heterocycles. The molecule has 3 nitrogen and oxygen atoms in total. The first kappa shape index (κ1) is 12.6. The molecule has 1 saturated carbocycles. The normalized spacial score (nSPS) is 14.7. The fraction of sp³-hybridized carbons (Fsp3) is 0.278. The van der Waals surface area contributed by atoms with Crippen LogP contribution in [0.5, 0.6) is 0 Å². The van der Waals surface area contributed by atoms with Gasteiger partial charge in [0, 0.05) is 12.6 Å². The summed E-state index contributed by atoms with van der Waals surface area (Å²) in [5, 5.41) is 3.56. The first-order valence-corrected chi connectivity index (χ1v) is 7.56. The maximum absolute atomic E-state index is 4.48. The molecule has 3 heteroatoms. The van der Waals surface area contributed by atoms with Crippen molar-refractivity contribution in [3.05, 3.63) is 59.9 Å². The van der Waals surface area contributed by atoms with Gasteiger partial charge in [-0.3, -0.25) is 4.57 Å². The number of aryl methyl sites for hydroxylation is 1. The molecule has 0 aliphatic heterocycles. The van der Waals surface area contributed by atoms with Crippen molar-refractivity contribution in [3.8, 4) is 5.69 Å². The van der Waals surface area contributed by atoms with Crippen LogP contribution in [0.1, 0.15) is 24.0 Å². The van der Waals surface area contributed by atoms with Crippen molar-refractivity contribution in [3.63, 3.8) is 0 Å². The Hall–Kier alpha value is -2.13. The molecule has 1 heterocycles. The fourth-order valence-electron chi connectivity index (χ4n) is 2.80. The van der Waals surface area contributed by atoms with Crippen LogP contribution in [0.2, 0.25) is 0 Å². The van der Waals surface area contributed by atoms with Crippen molar-refractivity contribution < 1.29 is 0 Å². The molecule has 0 amide bonds. The van der Waals surface area contributed by atoms with Crippen molar-refractivity contribution in [1.29, 1.82) is 0 Å². The summed E-state index contributed by atoms with van der Waals surface area (Å²) in [4.78, 5) is 4.48. The molecule has 0 bridgehead atoms. The van der Waals surface area contributed by atoms with Gasteiger partial charge in [0.05, 0.1) is 16.7 Å². The lowest BCUT2D eigenvalue weighted by Gasteiger charge is -2.11. The van der Waals surface area contributed by atoms with E-state index in [0.29, 0.717) is 0 Å². The molecule has 0 spiro atoms. The monoisotopic (exact) mass is 277 g/mol. The number of nitrogens with one attached hydrogen (secondary N) is 1. The largest absolute Gasteiger partial charge is 0.310 e. The minimum atomic E-state index is 0.752.